The molecule has 2 rings (SSSR count). The summed E-state index contributed by atoms with van der Waals surface area (Å²) in [6.07, 6.45) is 0. The minimum absolute atomic E-state index is 0.145. The van der Waals surface area contributed by atoms with Crippen LogP contribution in [0.1, 0.15) is 5.56 Å². The van der Waals surface area contributed by atoms with E-state index in [2.05, 4.69) is 29.4 Å². The van der Waals surface area contributed by atoms with Gasteiger partial charge in [0.15, 0.2) is 0 Å². The summed E-state index contributed by atoms with van der Waals surface area (Å²) in [5.41, 5.74) is 2.42. The predicted molar refractivity (Wildman–Crippen MR) is 79.9 cm³/mol. The normalized spacial score (nSPS) is 14.9. The van der Waals surface area contributed by atoms with Gasteiger partial charge in [0.1, 0.15) is 0 Å². The molecular formula is C15H23N3O2. The first-order valence-corrected chi connectivity index (χ1v) is 6.99. The lowest BCUT2D eigenvalue weighted by Crippen LogP contribution is -2.40. The number of ether oxygens (including phenoxy) is 1. The van der Waals surface area contributed by atoms with E-state index in [9.17, 15) is 4.79 Å². The third-order valence-electron chi connectivity index (χ3n) is 3.58. The smallest absolute Gasteiger partial charge is 0.236 e. The van der Waals surface area contributed by atoms with Crippen LogP contribution in [0.2, 0.25) is 0 Å². The maximum Gasteiger partial charge on any atom is 0.236 e. The molecule has 0 spiro atoms. The molecule has 20 heavy (non-hydrogen) atoms. The predicted octanol–water partition coefficient (Wildman–Crippen LogP) is 0.701. The minimum atomic E-state index is 0.145. The first kappa shape index (κ1) is 14.8. The van der Waals surface area contributed by atoms with Gasteiger partial charge in [-0.1, -0.05) is 18.2 Å². The highest BCUT2D eigenvalue weighted by Crippen LogP contribution is 2.23. The number of amides is 1. The van der Waals surface area contributed by atoms with Crippen molar-refractivity contribution in [3.05, 3.63) is 29.8 Å². The highest BCUT2D eigenvalue weighted by Gasteiger charge is 2.20. The molecule has 0 atom stereocenters. The number of nitrogens with one attached hydrogen (secondary N) is 1. The third kappa shape index (κ3) is 3.71. The van der Waals surface area contributed by atoms with Crippen LogP contribution in [0.25, 0.3) is 0 Å². The molecule has 5 nitrogen and oxygen atoms in total. The molecule has 0 radical (unpaired) electrons. The van der Waals surface area contributed by atoms with Gasteiger partial charge in [0.2, 0.25) is 5.91 Å². The number of likely N-dealkylation sites (N-methyl/N-ethyl adjacent to an activating group) is 1. The van der Waals surface area contributed by atoms with Crippen molar-refractivity contribution in [2.75, 3.05) is 51.8 Å². The van der Waals surface area contributed by atoms with E-state index in [4.69, 9.17) is 4.74 Å². The molecule has 1 N–H and O–H groups in total. The number of rotatable bonds is 5. The van der Waals surface area contributed by atoms with Gasteiger partial charge in [0.25, 0.3) is 0 Å². The van der Waals surface area contributed by atoms with Crippen LogP contribution in [0.15, 0.2) is 24.3 Å². The Labute approximate surface area is 120 Å². The molecule has 1 aromatic carbocycles. The first-order valence-electron chi connectivity index (χ1n) is 6.99. The zero-order valence-corrected chi connectivity index (χ0v) is 12.3. The average Bonchev–Trinajstić information content (AvgIpc) is 2.63. The number of fused-ring (bicyclic) bond motifs is 1. The van der Waals surface area contributed by atoms with Crippen molar-refractivity contribution in [2.45, 2.75) is 6.54 Å². The number of hydrogen-bond donors (Lipinski definition) is 1. The second-order valence-corrected chi connectivity index (χ2v) is 5.04. The monoisotopic (exact) mass is 277 g/mol. The Morgan fingerprint density at radius 1 is 1.35 bits per heavy atom. The number of para-hydroxylation sites is 1. The summed E-state index contributed by atoms with van der Waals surface area (Å²) >= 11 is 0. The van der Waals surface area contributed by atoms with Crippen molar-refractivity contribution < 1.29 is 9.53 Å². The fourth-order valence-electron chi connectivity index (χ4n) is 2.39. The molecule has 0 unspecified atom stereocenters. The molecule has 0 aliphatic carbocycles. The minimum Gasteiger partial charge on any atom is -0.383 e. The zero-order chi connectivity index (χ0) is 14.4. The molecule has 1 amide bonds. The van der Waals surface area contributed by atoms with Crippen molar-refractivity contribution in [1.29, 1.82) is 0 Å². The highest BCUT2D eigenvalue weighted by atomic mass is 16.5. The van der Waals surface area contributed by atoms with Gasteiger partial charge in [-0.15, -0.1) is 0 Å². The van der Waals surface area contributed by atoms with Crippen LogP contribution in [0.5, 0.6) is 0 Å². The number of benzene rings is 1. The Bertz CT molecular complexity index is 450. The molecule has 0 bridgehead atoms. The molecule has 1 aliphatic heterocycles. The van der Waals surface area contributed by atoms with Gasteiger partial charge in [-0.05, 0) is 11.6 Å². The second kappa shape index (κ2) is 7.26. The van der Waals surface area contributed by atoms with E-state index in [0.717, 1.165) is 13.1 Å². The largest absolute Gasteiger partial charge is 0.383 e. The van der Waals surface area contributed by atoms with Gasteiger partial charge in [-0.25, -0.2) is 0 Å². The topological polar surface area (TPSA) is 44.8 Å². The van der Waals surface area contributed by atoms with E-state index in [1.807, 2.05) is 17.0 Å². The SMILES string of the molecule is COCCNCC(=O)N1CCN(C)c2ccccc2C1. The van der Waals surface area contributed by atoms with Gasteiger partial charge < -0.3 is 19.9 Å². The second-order valence-electron chi connectivity index (χ2n) is 5.04. The molecule has 5 heteroatoms. The van der Waals surface area contributed by atoms with E-state index in [0.29, 0.717) is 26.2 Å². The van der Waals surface area contributed by atoms with Crippen LogP contribution in [0.4, 0.5) is 5.69 Å². The molecule has 0 saturated heterocycles. The van der Waals surface area contributed by atoms with Crippen molar-refractivity contribution in [2.24, 2.45) is 0 Å². The molecular weight excluding hydrogens is 254 g/mol. The van der Waals surface area contributed by atoms with Crippen molar-refractivity contribution in [3.8, 4) is 0 Å². The number of hydrogen-bond acceptors (Lipinski definition) is 4. The van der Waals surface area contributed by atoms with E-state index in [1.54, 1.807) is 7.11 Å². The van der Waals surface area contributed by atoms with Gasteiger partial charge in [-0.2, -0.15) is 0 Å². The molecule has 1 aromatic rings. The highest BCUT2D eigenvalue weighted by molar-refractivity contribution is 5.78. The number of anilines is 1. The van der Waals surface area contributed by atoms with Crippen LogP contribution in [0, 0.1) is 0 Å². The number of nitrogens with zero attached hydrogens (tertiary/aromatic N) is 2. The van der Waals surface area contributed by atoms with E-state index >= 15 is 0 Å². The van der Waals surface area contributed by atoms with Gasteiger partial charge in [-0.3, -0.25) is 4.79 Å². The standard InChI is InChI=1S/C15H23N3O2/c1-17-8-9-18(15(19)11-16-7-10-20-2)12-13-5-3-4-6-14(13)17/h3-6,16H,7-12H2,1-2H3. The average molecular weight is 277 g/mol. The molecule has 0 saturated carbocycles. The quantitative estimate of drug-likeness (QED) is 0.805. The van der Waals surface area contributed by atoms with E-state index in [1.165, 1.54) is 11.3 Å². The van der Waals surface area contributed by atoms with Crippen LogP contribution < -0.4 is 10.2 Å². The Balaban J connectivity index is 1.95. The summed E-state index contributed by atoms with van der Waals surface area (Å²) in [7, 11) is 3.73. The van der Waals surface area contributed by atoms with Crippen LogP contribution in [0.3, 0.4) is 0 Å². The van der Waals surface area contributed by atoms with Crippen LogP contribution >= 0.6 is 0 Å². The lowest BCUT2D eigenvalue weighted by Gasteiger charge is -2.21. The maximum absolute atomic E-state index is 12.2. The fraction of sp³-hybridized carbons (Fsp3) is 0.533. The summed E-state index contributed by atoms with van der Waals surface area (Å²) in [6.45, 7) is 4.00. The maximum atomic E-state index is 12.2. The van der Waals surface area contributed by atoms with E-state index in [-0.39, 0.29) is 5.91 Å². The number of carbonyl (C=O) groups excluding carboxylic acids is 1. The number of methoxy groups -OCH3 is 1. The molecule has 1 aliphatic rings. The van der Waals surface area contributed by atoms with Crippen molar-refractivity contribution >= 4 is 11.6 Å². The molecule has 110 valence electrons. The lowest BCUT2D eigenvalue weighted by molar-refractivity contribution is -0.130. The van der Waals surface area contributed by atoms with Gasteiger partial charge in [0, 0.05) is 46.0 Å². The summed E-state index contributed by atoms with van der Waals surface area (Å²) in [5.74, 6) is 0.145. The van der Waals surface area contributed by atoms with Crippen molar-refractivity contribution in [3.63, 3.8) is 0 Å². The first-order chi connectivity index (χ1) is 9.72. The lowest BCUT2D eigenvalue weighted by atomic mass is 10.1. The summed E-state index contributed by atoms with van der Waals surface area (Å²) in [5, 5.41) is 3.11. The summed E-state index contributed by atoms with van der Waals surface area (Å²) < 4.78 is 4.96. The Morgan fingerprint density at radius 2 is 2.15 bits per heavy atom. The fourth-order valence-corrected chi connectivity index (χ4v) is 2.39. The summed E-state index contributed by atoms with van der Waals surface area (Å²) in [6, 6.07) is 8.27. The van der Waals surface area contributed by atoms with Crippen molar-refractivity contribution in [1.82, 2.24) is 10.2 Å². The van der Waals surface area contributed by atoms with Gasteiger partial charge >= 0.3 is 0 Å². The van der Waals surface area contributed by atoms with Gasteiger partial charge in [0.05, 0.1) is 13.2 Å². The van der Waals surface area contributed by atoms with E-state index < -0.39 is 0 Å². The Hall–Kier alpha value is -1.59. The molecule has 0 fully saturated rings. The van der Waals surface area contributed by atoms with Crippen LogP contribution in [-0.2, 0) is 16.1 Å². The third-order valence-corrected chi connectivity index (χ3v) is 3.58. The molecule has 0 aromatic heterocycles. The number of carbonyl (C=O) groups is 1. The van der Waals surface area contributed by atoms with Crippen LogP contribution in [-0.4, -0.2) is 57.8 Å². The Kier molecular flexibility index (Phi) is 5.38. The Morgan fingerprint density at radius 3 is 2.95 bits per heavy atom. The summed E-state index contributed by atoms with van der Waals surface area (Å²) in [4.78, 5) is 16.4. The molecule has 1 heterocycles. The zero-order valence-electron chi connectivity index (χ0n) is 12.3.